The van der Waals surface area contributed by atoms with Gasteiger partial charge in [-0.1, -0.05) is 0 Å². The van der Waals surface area contributed by atoms with Gasteiger partial charge in [-0.3, -0.25) is 4.79 Å². The third-order valence-corrected chi connectivity index (χ3v) is 3.59. The molecule has 3 nitrogen and oxygen atoms in total. The number of aliphatic hydroxyl groups excluding tert-OH is 1. The first-order valence-corrected chi connectivity index (χ1v) is 6.13. The molecule has 0 saturated heterocycles. The van der Waals surface area contributed by atoms with Gasteiger partial charge in [-0.15, -0.1) is 0 Å². The molecule has 0 aromatic rings. The minimum absolute atomic E-state index is 0.213. The van der Waals surface area contributed by atoms with Gasteiger partial charge in [0.15, 0.2) is 0 Å². The highest BCUT2D eigenvalue weighted by Crippen LogP contribution is 2.54. The third kappa shape index (κ3) is 2.94. The molecule has 2 fully saturated rings. The Hall–Kier alpha value is -0.570. The second-order valence-corrected chi connectivity index (χ2v) is 5.12. The standard InChI is InChI=1S/C12H21NO2/c1-8(3-2-6-14)13-12(15)11-7-10(11)9-4-5-9/h8-11,14H,2-7H2,1H3,(H,13,15). The summed E-state index contributed by atoms with van der Waals surface area (Å²) in [6.45, 7) is 2.23. The summed E-state index contributed by atoms with van der Waals surface area (Å²) in [5.74, 6) is 2.13. The number of hydrogen-bond acceptors (Lipinski definition) is 2. The van der Waals surface area contributed by atoms with Crippen LogP contribution < -0.4 is 5.32 Å². The molecule has 2 N–H and O–H groups in total. The van der Waals surface area contributed by atoms with Crippen LogP contribution in [0.2, 0.25) is 0 Å². The first kappa shape index (κ1) is 10.9. The summed E-state index contributed by atoms with van der Waals surface area (Å²) in [7, 11) is 0. The topological polar surface area (TPSA) is 49.3 Å². The van der Waals surface area contributed by atoms with Crippen molar-refractivity contribution in [2.75, 3.05) is 6.61 Å². The summed E-state index contributed by atoms with van der Waals surface area (Å²) < 4.78 is 0. The highest BCUT2D eigenvalue weighted by atomic mass is 16.2. The average Bonchev–Trinajstić information content (AvgIpc) is 3.03. The molecule has 0 heterocycles. The smallest absolute Gasteiger partial charge is 0.223 e. The molecule has 3 atom stereocenters. The number of carbonyl (C=O) groups is 1. The molecule has 0 radical (unpaired) electrons. The van der Waals surface area contributed by atoms with Crippen LogP contribution in [0, 0.1) is 17.8 Å². The highest BCUT2D eigenvalue weighted by Gasteiger charge is 2.51. The third-order valence-electron chi connectivity index (χ3n) is 3.59. The van der Waals surface area contributed by atoms with Gasteiger partial charge < -0.3 is 10.4 Å². The molecule has 86 valence electrons. The predicted octanol–water partition coefficient (Wildman–Crippen LogP) is 1.31. The minimum Gasteiger partial charge on any atom is -0.396 e. The van der Waals surface area contributed by atoms with E-state index in [4.69, 9.17) is 5.11 Å². The Morgan fingerprint density at radius 2 is 2.27 bits per heavy atom. The van der Waals surface area contributed by atoms with Crippen molar-refractivity contribution in [2.24, 2.45) is 17.8 Å². The molecule has 15 heavy (non-hydrogen) atoms. The van der Waals surface area contributed by atoms with E-state index < -0.39 is 0 Å². The molecule has 0 bridgehead atoms. The molecule has 0 aliphatic heterocycles. The normalized spacial score (nSPS) is 31.1. The molecule has 2 aliphatic rings. The maximum absolute atomic E-state index is 11.7. The largest absolute Gasteiger partial charge is 0.396 e. The number of nitrogens with one attached hydrogen (secondary N) is 1. The average molecular weight is 211 g/mol. The van der Waals surface area contributed by atoms with Crippen molar-refractivity contribution < 1.29 is 9.90 Å². The lowest BCUT2D eigenvalue weighted by Gasteiger charge is -2.12. The summed E-state index contributed by atoms with van der Waals surface area (Å²) in [5.41, 5.74) is 0. The lowest BCUT2D eigenvalue weighted by molar-refractivity contribution is -0.123. The Bertz CT molecular complexity index is 238. The molecule has 2 saturated carbocycles. The fraction of sp³-hybridized carbons (Fsp3) is 0.917. The number of hydrogen-bond donors (Lipinski definition) is 2. The van der Waals surface area contributed by atoms with Crippen LogP contribution in [-0.4, -0.2) is 23.7 Å². The predicted molar refractivity (Wildman–Crippen MR) is 58.2 cm³/mol. The van der Waals surface area contributed by atoms with Gasteiger partial charge in [0.25, 0.3) is 0 Å². The number of amides is 1. The van der Waals surface area contributed by atoms with Crippen molar-refractivity contribution in [3.05, 3.63) is 0 Å². The molecule has 3 unspecified atom stereocenters. The van der Waals surface area contributed by atoms with Crippen LogP contribution in [0.25, 0.3) is 0 Å². The van der Waals surface area contributed by atoms with Crippen molar-refractivity contribution in [1.29, 1.82) is 0 Å². The molecular formula is C12H21NO2. The van der Waals surface area contributed by atoms with Gasteiger partial charge in [0, 0.05) is 18.6 Å². The van der Waals surface area contributed by atoms with E-state index in [9.17, 15) is 4.79 Å². The molecule has 0 aromatic carbocycles. The first-order chi connectivity index (χ1) is 7.22. The fourth-order valence-corrected chi connectivity index (χ4v) is 2.38. The molecule has 3 heteroatoms. The van der Waals surface area contributed by atoms with Crippen LogP contribution in [0.3, 0.4) is 0 Å². The number of aliphatic hydroxyl groups is 1. The maximum atomic E-state index is 11.7. The molecule has 0 aromatic heterocycles. The van der Waals surface area contributed by atoms with E-state index in [0.29, 0.717) is 11.8 Å². The van der Waals surface area contributed by atoms with Gasteiger partial charge in [0.05, 0.1) is 0 Å². The van der Waals surface area contributed by atoms with Crippen molar-refractivity contribution in [3.8, 4) is 0 Å². The lowest BCUT2D eigenvalue weighted by atomic mass is 10.1. The van der Waals surface area contributed by atoms with Crippen LogP contribution >= 0.6 is 0 Å². The molecule has 2 rings (SSSR count). The summed E-state index contributed by atoms with van der Waals surface area (Å²) in [5, 5.41) is 11.7. The number of carbonyl (C=O) groups excluding carboxylic acids is 1. The Kier molecular flexibility index (Phi) is 3.29. The van der Waals surface area contributed by atoms with E-state index in [-0.39, 0.29) is 18.6 Å². The van der Waals surface area contributed by atoms with Gasteiger partial charge in [0.1, 0.15) is 0 Å². The first-order valence-electron chi connectivity index (χ1n) is 6.13. The molecule has 0 spiro atoms. The van der Waals surface area contributed by atoms with Crippen LogP contribution in [0.5, 0.6) is 0 Å². The summed E-state index contributed by atoms with van der Waals surface area (Å²) in [6, 6.07) is 0.213. The summed E-state index contributed by atoms with van der Waals surface area (Å²) in [4.78, 5) is 11.7. The Labute approximate surface area is 91.2 Å². The zero-order valence-corrected chi connectivity index (χ0v) is 9.41. The zero-order chi connectivity index (χ0) is 10.8. The van der Waals surface area contributed by atoms with Crippen molar-refractivity contribution in [3.63, 3.8) is 0 Å². The summed E-state index contributed by atoms with van der Waals surface area (Å²) >= 11 is 0. The van der Waals surface area contributed by atoms with E-state index in [1.165, 1.54) is 12.8 Å². The van der Waals surface area contributed by atoms with Crippen LogP contribution in [0.1, 0.15) is 39.0 Å². The molecule has 2 aliphatic carbocycles. The number of rotatable bonds is 6. The van der Waals surface area contributed by atoms with Crippen LogP contribution in [0.15, 0.2) is 0 Å². The maximum Gasteiger partial charge on any atom is 0.223 e. The van der Waals surface area contributed by atoms with E-state index >= 15 is 0 Å². The van der Waals surface area contributed by atoms with Crippen LogP contribution in [0.4, 0.5) is 0 Å². The quantitative estimate of drug-likeness (QED) is 0.696. The Morgan fingerprint density at radius 3 is 2.87 bits per heavy atom. The second kappa shape index (κ2) is 4.52. The van der Waals surface area contributed by atoms with Gasteiger partial charge >= 0.3 is 0 Å². The van der Waals surface area contributed by atoms with E-state index in [1.54, 1.807) is 0 Å². The van der Waals surface area contributed by atoms with Crippen LogP contribution in [-0.2, 0) is 4.79 Å². The zero-order valence-electron chi connectivity index (χ0n) is 9.41. The van der Waals surface area contributed by atoms with Crippen molar-refractivity contribution in [1.82, 2.24) is 5.32 Å². The fourth-order valence-electron chi connectivity index (χ4n) is 2.38. The Morgan fingerprint density at radius 1 is 1.53 bits per heavy atom. The van der Waals surface area contributed by atoms with E-state index in [0.717, 1.165) is 25.2 Å². The second-order valence-electron chi connectivity index (χ2n) is 5.12. The molecular weight excluding hydrogens is 190 g/mol. The SMILES string of the molecule is CC(CCCO)NC(=O)C1CC1C1CC1. The summed E-state index contributed by atoms with van der Waals surface area (Å²) in [6.07, 6.45) is 5.45. The van der Waals surface area contributed by atoms with Gasteiger partial charge in [-0.05, 0) is 50.9 Å². The highest BCUT2D eigenvalue weighted by molar-refractivity contribution is 5.81. The Balaban J connectivity index is 1.64. The lowest BCUT2D eigenvalue weighted by Crippen LogP contribution is -2.34. The minimum atomic E-state index is 0.213. The van der Waals surface area contributed by atoms with Gasteiger partial charge in [-0.25, -0.2) is 0 Å². The van der Waals surface area contributed by atoms with Crippen molar-refractivity contribution >= 4 is 5.91 Å². The van der Waals surface area contributed by atoms with Crippen molar-refractivity contribution in [2.45, 2.75) is 45.1 Å². The van der Waals surface area contributed by atoms with E-state index in [2.05, 4.69) is 5.32 Å². The monoisotopic (exact) mass is 211 g/mol. The van der Waals surface area contributed by atoms with E-state index in [1.807, 2.05) is 6.92 Å². The molecule has 1 amide bonds. The van der Waals surface area contributed by atoms with Gasteiger partial charge in [-0.2, -0.15) is 0 Å². The van der Waals surface area contributed by atoms with Gasteiger partial charge in [0.2, 0.25) is 5.91 Å².